The summed E-state index contributed by atoms with van der Waals surface area (Å²) in [5, 5.41) is 8.85. The van der Waals surface area contributed by atoms with Gasteiger partial charge in [-0.1, -0.05) is 24.3 Å². The van der Waals surface area contributed by atoms with E-state index in [1.165, 1.54) is 17.0 Å². The molecular formula is C15H18FNO2. The van der Waals surface area contributed by atoms with Crippen molar-refractivity contribution >= 4 is 6.09 Å². The second-order valence-corrected chi connectivity index (χ2v) is 4.87. The molecule has 102 valence electrons. The van der Waals surface area contributed by atoms with Crippen LogP contribution in [0.1, 0.15) is 18.4 Å². The van der Waals surface area contributed by atoms with Crippen molar-refractivity contribution in [1.29, 1.82) is 0 Å². The topological polar surface area (TPSA) is 40.5 Å². The summed E-state index contributed by atoms with van der Waals surface area (Å²) in [6.45, 7) is 1.22. The summed E-state index contributed by atoms with van der Waals surface area (Å²) in [4.78, 5) is 12.2. The number of piperidine rings is 1. The Morgan fingerprint density at radius 1 is 1.32 bits per heavy atom. The highest BCUT2D eigenvalue weighted by Gasteiger charge is 2.20. The van der Waals surface area contributed by atoms with Gasteiger partial charge >= 0.3 is 6.09 Å². The standard InChI is InChI=1S/C15H18FNO2/c16-14-6-4-12(5-7-14)2-1-3-13-8-10-17(11-9-13)15(18)19/h1,3-7,13H,2,8-11H2,(H,18,19). The van der Waals surface area contributed by atoms with Crippen LogP contribution in [0.15, 0.2) is 36.4 Å². The van der Waals surface area contributed by atoms with Gasteiger partial charge in [-0.3, -0.25) is 0 Å². The lowest BCUT2D eigenvalue weighted by Gasteiger charge is -2.28. The highest BCUT2D eigenvalue weighted by Crippen LogP contribution is 2.18. The van der Waals surface area contributed by atoms with Gasteiger partial charge in [0.15, 0.2) is 0 Å². The van der Waals surface area contributed by atoms with Gasteiger partial charge in [0.1, 0.15) is 5.82 Å². The van der Waals surface area contributed by atoms with Crippen LogP contribution in [0.5, 0.6) is 0 Å². The van der Waals surface area contributed by atoms with Crippen LogP contribution in [0.3, 0.4) is 0 Å². The van der Waals surface area contributed by atoms with E-state index in [0.717, 1.165) is 24.8 Å². The van der Waals surface area contributed by atoms with Gasteiger partial charge in [0, 0.05) is 13.1 Å². The summed E-state index contributed by atoms with van der Waals surface area (Å²) >= 11 is 0. The first-order valence-corrected chi connectivity index (χ1v) is 6.54. The van der Waals surface area contributed by atoms with E-state index < -0.39 is 6.09 Å². The molecule has 1 saturated heterocycles. The predicted molar refractivity (Wildman–Crippen MR) is 71.6 cm³/mol. The van der Waals surface area contributed by atoms with Gasteiger partial charge in [0.25, 0.3) is 0 Å². The average molecular weight is 263 g/mol. The number of allylic oxidation sites excluding steroid dienone is 2. The number of hydrogen-bond donors (Lipinski definition) is 1. The SMILES string of the molecule is O=C(O)N1CCC(C=CCc2ccc(F)cc2)CC1. The Kier molecular flexibility index (Phi) is 4.55. The van der Waals surface area contributed by atoms with E-state index in [-0.39, 0.29) is 5.82 Å². The molecule has 0 aliphatic carbocycles. The van der Waals surface area contributed by atoms with Gasteiger partial charge in [-0.2, -0.15) is 0 Å². The smallest absolute Gasteiger partial charge is 0.407 e. The van der Waals surface area contributed by atoms with E-state index >= 15 is 0 Å². The maximum Gasteiger partial charge on any atom is 0.407 e. The summed E-state index contributed by atoms with van der Waals surface area (Å²) in [5.41, 5.74) is 1.08. The van der Waals surface area contributed by atoms with Crippen molar-refractivity contribution in [2.24, 2.45) is 5.92 Å². The van der Waals surface area contributed by atoms with Gasteiger partial charge in [-0.25, -0.2) is 9.18 Å². The monoisotopic (exact) mass is 263 g/mol. The first kappa shape index (κ1) is 13.6. The van der Waals surface area contributed by atoms with Crippen LogP contribution in [-0.4, -0.2) is 29.2 Å². The molecule has 1 aromatic rings. The van der Waals surface area contributed by atoms with Crippen molar-refractivity contribution in [2.45, 2.75) is 19.3 Å². The van der Waals surface area contributed by atoms with Gasteiger partial charge in [-0.15, -0.1) is 0 Å². The Hall–Kier alpha value is -1.84. The van der Waals surface area contributed by atoms with E-state index in [2.05, 4.69) is 12.2 Å². The summed E-state index contributed by atoms with van der Waals surface area (Å²) in [7, 11) is 0. The number of hydrogen-bond acceptors (Lipinski definition) is 1. The first-order chi connectivity index (χ1) is 9.15. The van der Waals surface area contributed by atoms with Crippen LogP contribution in [0.25, 0.3) is 0 Å². The zero-order chi connectivity index (χ0) is 13.7. The molecule has 2 rings (SSSR count). The molecule has 1 aliphatic rings. The Morgan fingerprint density at radius 2 is 1.95 bits per heavy atom. The summed E-state index contributed by atoms with van der Waals surface area (Å²) in [6, 6.07) is 6.50. The van der Waals surface area contributed by atoms with E-state index in [1.807, 2.05) is 0 Å². The first-order valence-electron chi connectivity index (χ1n) is 6.54. The lowest BCUT2D eigenvalue weighted by molar-refractivity contribution is 0.129. The Morgan fingerprint density at radius 3 is 2.53 bits per heavy atom. The number of rotatable bonds is 3. The zero-order valence-electron chi connectivity index (χ0n) is 10.8. The summed E-state index contributed by atoms with van der Waals surface area (Å²) in [5.74, 6) is 0.241. The summed E-state index contributed by atoms with van der Waals surface area (Å²) < 4.78 is 12.7. The number of benzene rings is 1. The summed E-state index contributed by atoms with van der Waals surface area (Å²) in [6.07, 6.45) is 5.98. The Balaban J connectivity index is 1.77. The molecular weight excluding hydrogens is 245 g/mol. The molecule has 1 N–H and O–H groups in total. The van der Waals surface area contributed by atoms with Crippen molar-refractivity contribution < 1.29 is 14.3 Å². The van der Waals surface area contributed by atoms with E-state index in [9.17, 15) is 9.18 Å². The molecule has 0 saturated carbocycles. The minimum atomic E-state index is -0.825. The predicted octanol–water partition coefficient (Wildman–Crippen LogP) is 3.31. The van der Waals surface area contributed by atoms with Crippen molar-refractivity contribution in [3.63, 3.8) is 0 Å². The third-order valence-corrected chi connectivity index (χ3v) is 3.49. The minimum absolute atomic E-state index is 0.214. The second-order valence-electron chi connectivity index (χ2n) is 4.87. The van der Waals surface area contributed by atoms with E-state index in [4.69, 9.17) is 5.11 Å². The maximum absolute atomic E-state index is 12.7. The van der Waals surface area contributed by atoms with Crippen LogP contribution in [-0.2, 0) is 6.42 Å². The van der Waals surface area contributed by atoms with Crippen LogP contribution in [0.4, 0.5) is 9.18 Å². The van der Waals surface area contributed by atoms with Gasteiger partial charge in [0.05, 0.1) is 0 Å². The fourth-order valence-corrected chi connectivity index (χ4v) is 2.30. The molecule has 0 radical (unpaired) electrons. The molecule has 19 heavy (non-hydrogen) atoms. The fraction of sp³-hybridized carbons (Fsp3) is 0.400. The van der Waals surface area contributed by atoms with Crippen LogP contribution in [0, 0.1) is 11.7 Å². The van der Waals surface area contributed by atoms with E-state index in [0.29, 0.717) is 19.0 Å². The zero-order valence-corrected chi connectivity index (χ0v) is 10.8. The number of likely N-dealkylation sites (tertiary alicyclic amines) is 1. The van der Waals surface area contributed by atoms with Gasteiger partial charge in [0.2, 0.25) is 0 Å². The van der Waals surface area contributed by atoms with Crippen LogP contribution in [0.2, 0.25) is 0 Å². The Labute approximate surface area is 112 Å². The lowest BCUT2D eigenvalue weighted by Crippen LogP contribution is -2.36. The highest BCUT2D eigenvalue weighted by atomic mass is 19.1. The van der Waals surface area contributed by atoms with Crippen molar-refractivity contribution in [3.8, 4) is 0 Å². The van der Waals surface area contributed by atoms with Crippen LogP contribution >= 0.6 is 0 Å². The Bertz CT molecular complexity index is 448. The number of carbonyl (C=O) groups is 1. The fourth-order valence-electron chi connectivity index (χ4n) is 2.30. The maximum atomic E-state index is 12.7. The molecule has 0 spiro atoms. The number of amides is 1. The third-order valence-electron chi connectivity index (χ3n) is 3.49. The molecule has 1 aromatic carbocycles. The number of carboxylic acid groups (broad SMARTS) is 1. The lowest BCUT2D eigenvalue weighted by atomic mass is 9.96. The molecule has 0 bridgehead atoms. The van der Waals surface area contributed by atoms with Crippen molar-refractivity contribution in [3.05, 3.63) is 47.8 Å². The molecule has 1 fully saturated rings. The second kappa shape index (κ2) is 6.36. The van der Waals surface area contributed by atoms with Gasteiger partial charge in [-0.05, 0) is 42.9 Å². The number of nitrogens with zero attached hydrogens (tertiary/aromatic N) is 1. The average Bonchev–Trinajstić information content (AvgIpc) is 2.41. The minimum Gasteiger partial charge on any atom is -0.465 e. The van der Waals surface area contributed by atoms with Gasteiger partial charge < -0.3 is 10.0 Å². The molecule has 0 unspecified atom stereocenters. The molecule has 0 atom stereocenters. The molecule has 3 nitrogen and oxygen atoms in total. The normalized spacial score (nSPS) is 17.0. The quantitative estimate of drug-likeness (QED) is 0.850. The number of halogens is 1. The van der Waals surface area contributed by atoms with Crippen molar-refractivity contribution in [1.82, 2.24) is 4.90 Å². The molecule has 4 heteroatoms. The third kappa shape index (κ3) is 4.09. The molecule has 1 heterocycles. The van der Waals surface area contributed by atoms with Crippen molar-refractivity contribution in [2.75, 3.05) is 13.1 Å². The molecule has 0 aromatic heterocycles. The molecule has 1 aliphatic heterocycles. The van der Waals surface area contributed by atoms with E-state index in [1.54, 1.807) is 12.1 Å². The van der Waals surface area contributed by atoms with Crippen LogP contribution < -0.4 is 0 Å². The highest BCUT2D eigenvalue weighted by molar-refractivity contribution is 5.65. The largest absolute Gasteiger partial charge is 0.465 e. The molecule has 1 amide bonds.